The Morgan fingerprint density at radius 2 is 2.00 bits per heavy atom. The molecule has 28 heavy (non-hydrogen) atoms. The van der Waals surface area contributed by atoms with Gasteiger partial charge in [-0.3, -0.25) is 0 Å². The van der Waals surface area contributed by atoms with Crippen molar-refractivity contribution in [3.63, 3.8) is 0 Å². The van der Waals surface area contributed by atoms with E-state index < -0.39 is 33.5 Å². The summed E-state index contributed by atoms with van der Waals surface area (Å²) in [5.41, 5.74) is 8.06. The number of aryl methyl sites for hydroxylation is 1. The second-order valence-electron chi connectivity index (χ2n) is 7.03. The van der Waals surface area contributed by atoms with Crippen LogP contribution in [0.2, 0.25) is 0 Å². The lowest BCUT2D eigenvalue weighted by molar-refractivity contribution is -0.0125. The smallest absolute Gasteiger partial charge is 0.275 e. The van der Waals surface area contributed by atoms with Crippen molar-refractivity contribution >= 4 is 32.2 Å². The van der Waals surface area contributed by atoms with Gasteiger partial charge in [0, 0.05) is 23.9 Å². The molecule has 146 valence electrons. The van der Waals surface area contributed by atoms with E-state index in [1.807, 2.05) is 31.2 Å². The lowest BCUT2D eigenvalue weighted by Gasteiger charge is -2.27. The molecule has 2 aromatic carbocycles. The monoisotopic (exact) mass is 403 g/mol. The van der Waals surface area contributed by atoms with Gasteiger partial charge in [-0.2, -0.15) is 0 Å². The van der Waals surface area contributed by atoms with E-state index in [2.05, 4.69) is 10.3 Å². The van der Waals surface area contributed by atoms with Crippen LogP contribution in [0.3, 0.4) is 0 Å². The van der Waals surface area contributed by atoms with Crippen LogP contribution in [0.5, 0.6) is 0 Å². The van der Waals surface area contributed by atoms with Crippen molar-refractivity contribution in [2.24, 2.45) is 0 Å². The molecular formula is C20H19F2N3O2S. The number of nitrogens with zero attached hydrogens (tertiary/aromatic N) is 1. The van der Waals surface area contributed by atoms with Crippen molar-refractivity contribution in [3.05, 3.63) is 59.2 Å². The zero-order valence-electron chi connectivity index (χ0n) is 15.2. The average molecular weight is 403 g/mol. The summed E-state index contributed by atoms with van der Waals surface area (Å²) in [6, 6.07) is 11.7. The number of sulfone groups is 1. The lowest BCUT2D eigenvalue weighted by Crippen LogP contribution is -2.29. The van der Waals surface area contributed by atoms with Gasteiger partial charge in [-0.05, 0) is 36.2 Å². The third-order valence-electron chi connectivity index (χ3n) is 5.00. The Kier molecular flexibility index (Phi) is 4.26. The first kappa shape index (κ1) is 18.6. The molecule has 3 aromatic rings. The summed E-state index contributed by atoms with van der Waals surface area (Å²) in [4.78, 5) is 4.06. The number of fused-ring (bicyclic) bond motifs is 2. The minimum absolute atomic E-state index is 0.188. The fourth-order valence-electron chi connectivity index (χ4n) is 3.44. The molecule has 0 bridgehead atoms. The molecular weight excluding hydrogens is 384 g/mol. The Balaban J connectivity index is 1.68. The van der Waals surface area contributed by atoms with Gasteiger partial charge in [-0.15, -0.1) is 0 Å². The first-order valence-corrected chi connectivity index (χ1v) is 10.5. The number of benzene rings is 2. The first-order valence-electron chi connectivity index (χ1n) is 8.81. The Hall–Kier alpha value is -2.74. The fourth-order valence-corrected chi connectivity index (χ4v) is 5.20. The number of nitrogen functional groups attached to an aromatic ring is 1. The molecule has 0 fully saturated rings. The summed E-state index contributed by atoms with van der Waals surface area (Å²) < 4.78 is 53.3. The fraction of sp³-hybridized carbons (Fsp3) is 0.250. The minimum atomic E-state index is -3.76. The Morgan fingerprint density at radius 3 is 2.79 bits per heavy atom. The van der Waals surface area contributed by atoms with Gasteiger partial charge in [0.1, 0.15) is 5.82 Å². The van der Waals surface area contributed by atoms with Crippen molar-refractivity contribution in [3.8, 4) is 0 Å². The van der Waals surface area contributed by atoms with Crippen LogP contribution in [-0.2, 0) is 22.3 Å². The number of anilines is 2. The Bertz CT molecular complexity index is 1190. The van der Waals surface area contributed by atoms with Crippen LogP contribution in [0.15, 0.2) is 47.4 Å². The van der Waals surface area contributed by atoms with Gasteiger partial charge in [0.25, 0.3) is 5.92 Å². The predicted octanol–water partition coefficient (Wildman–Crippen LogP) is 4.01. The van der Waals surface area contributed by atoms with E-state index in [0.717, 1.165) is 22.0 Å². The van der Waals surface area contributed by atoms with Crippen molar-refractivity contribution in [1.82, 2.24) is 4.98 Å². The van der Waals surface area contributed by atoms with Crippen molar-refractivity contribution in [1.29, 1.82) is 0 Å². The number of aromatic nitrogens is 1. The SMILES string of the molecule is Cc1cc2ccc(CNc3cccc4c3S(=O)(=O)CCC4(F)F)cc2nc1N. The number of hydrogen-bond donors (Lipinski definition) is 2. The number of halogens is 2. The molecule has 2 heterocycles. The highest BCUT2D eigenvalue weighted by atomic mass is 32.2. The van der Waals surface area contributed by atoms with E-state index in [0.29, 0.717) is 5.82 Å². The van der Waals surface area contributed by atoms with Gasteiger partial charge in [-0.1, -0.05) is 24.3 Å². The topological polar surface area (TPSA) is 85.1 Å². The van der Waals surface area contributed by atoms with Crippen LogP contribution >= 0.6 is 0 Å². The standard InChI is InChI=1S/C20H19F2N3O2S/c1-12-9-14-6-5-13(10-17(14)25-19(12)23)11-24-16-4-2-3-15-18(16)28(26,27)8-7-20(15,21)22/h2-6,9-10,24H,7-8,11H2,1H3,(H2,23,25). The minimum Gasteiger partial charge on any atom is -0.383 e. The quantitative estimate of drug-likeness (QED) is 0.690. The van der Waals surface area contributed by atoms with E-state index in [9.17, 15) is 17.2 Å². The highest BCUT2D eigenvalue weighted by molar-refractivity contribution is 7.91. The van der Waals surface area contributed by atoms with Gasteiger partial charge >= 0.3 is 0 Å². The molecule has 5 nitrogen and oxygen atoms in total. The molecule has 0 amide bonds. The van der Waals surface area contributed by atoms with Gasteiger partial charge in [0.15, 0.2) is 9.84 Å². The third kappa shape index (κ3) is 3.17. The molecule has 1 aliphatic heterocycles. The van der Waals surface area contributed by atoms with E-state index in [-0.39, 0.29) is 17.1 Å². The number of nitrogens with two attached hydrogens (primary N) is 1. The molecule has 0 aliphatic carbocycles. The number of rotatable bonds is 3. The summed E-state index contributed by atoms with van der Waals surface area (Å²) in [7, 11) is -3.76. The van der Waals surface area contributed by atoms with E-state index in [1.54, 1.807) is 0 Å². The number of pyridine rings is 1. The van der Waals surface area contributed by atoms with Gasteiger partial charge in [0.05, 0.1) is 21.9 Å². The van der Waals surface area contributed by atoms with Crippen LogP contribution in [-0.4, -0.2) is 19.2 Å². The molecule has 4 rings (SSSR count). The van der Waals surface area contributed by atoms with E-state index in [4.69, 9.17) is 5.73 Å². The maximum Gasteiger partial charge on any atom is 0.275 e. The summed E-state index contributed by atoms with van der Waals surface area (Å²) in [5.74, 6) is -3.27. The average Bonchev–Trinajstić information content (AvgIpc) is 2.65. The van der Waals surface area contributed by atoms with Crippen LogP contribution in [0, 0.1) is 6.92 Å². The second-order valence-corrected chi connectivity index (χ2v) is 9.07. The zero-order valence-corrected chi connectivity index (χ0v) is 16.0. The lowest BCUT2D eigenvalue weighted by atomic mass is 10.0. The number of nitrogens with one attached hydrogen (secondary N) is 1. The molecule has 0 radical (unpaired) electrons. The van der Waals surface area contributed by atoms with Crippen molar-refractivity contribution in [2.45, 2.75) is 30.7 Å². The number of alkyl halides is 2. The zero-order chi connectivity index (χ0) is 20.1. The van der Waals surface area contributed by atoms with E-state index >= 15 is 0 Å². The largest absolute Gasteiger partial charge is 0.383 e. The van der Waals surface area contributed by atoms with Crippen LogP contribution in [0.1, 0.15) is 23.1 Å². The molecule has 0 spiro atoms. The third-order valence-corrected chi connectivity index (χ3v) is 6.80. The first-order chi connectivity index (χ1) is 13.2. The van der Waals surface area contributed by atoms with Gasteiger partial charge in [-0.25, -0.2) is 22.2 Å². The van der Waals surface area contributed by atoms with E-state index in [1.165, 1.54) is 18.2 Å². The molecule has 8 heteroatoms. The summed E-state index contributed by atoms with van der Waals surface area (Å²) >= 11 is 0. The molecule has 0 unspecified atom stereocenters. The Morgan fingerprint density at radius 1 is 1.21 bits per heavy atom. The summed E-state index contributed by atoms with van der Waals surface area (Å²) in [5, 5.41) is 3.94. The molecule has 1 aromatic heterocycles. The van der Waals surface area contributed by atoms with Crippen molar-refractivity contribution in [2.75, 3.05) is 16.8 Å². The van der Waals surface area contributed by atoms with Crippen LogP contribution in [0.25, 0.3) is 10.9 Å². The molecule has 0 saturated carbocycles. The van der Waals surface area contributed by atoms with Crippen LogP contribution < -0.4 is 11.1 Å². The maximum atomic E-state index is 14.2. The second kappa shape index (κ2) is 6.41. The molecule has 0 atom stereocenters. The summed E-state index contributed by atoms with van der Waals surface area (Å²) in [6.07, 6.45) is -0.691. The molecule has 1 aliphatic rings. The Labute approximate surface area is 161 Å². The molecule has 0 saturated heterocycles. The number of hydrogen-bond acceptors (Lipinski definition) is 5. The van der Waals surface area contributed by atoms with Crippen LogP contribution in [0.4, 0.5) is 20.3 Å². The predicted molar refractivity (Wildman–Crippen MR) is 105 cm³/mol. The maximum absolute atomic E-state index is 14.2. The summed E-state index contributed by atoms with van der Waals surface area (Å²) in [6.45, 7) is 2.15. The van der Waals surface area contributed by atoms with Crippen molar-refractivity contribution < 1.29 is 17.2 Å². The molecule has 3 N–H and O–H groups in total. The highest BCUT2D eigenvalue weighted by Crippen LogP contribution is 2.44. The highest BCUT2D eigenvalue weighted by Gasteiger charge is 2.44. The van der Waals surface area contributed by atoms with Gasteiger partial charge in [0.2, 0.25) is 0 Å². The normalized spacial score (nSPS) is 17.2. The van der Waals surface area contributed by atoms with Gasteiger partial charge < -0.3 is 11.1 Å².